The van der Waals surface area contributed by atoms with Gasteiger partial charge in [-0.05, 0) is 54.8 Å². The minimum absolute atomic E-state index is 0.0855. The van der Waals surface area contributed by atoms with Gasteiger partial charge in [-0.1, -0.05) is 49.1 Å². The van der Waals surface area contributed by atoms with Crippen LogP contribution in [-0.4, -0.2) is 42.0 Å². The lowest BCUT2D eigenvalue weighted by Crippen LogP contribution is -2.22. The minimum Gasteiger partial charge on any atom is -0.493 e. The summed E-state index contributed by atoms with van der Waals surface area (Å²) in [5.74, 6) is 2.11. The summed E-state index contributed by atoms with van der Waals surface area (Å²) in [6.45, 7) is 5.67. The number of nitrogens with zero attached hydrogens (tertiary/aromatic N) is 1. The first-order valence-corrected chi connectivity index (χ1v) is 11.6. The third-order valence-electron chi connectivity index (χ3n) is 4.70. The van der Waals surface area contributed by atoms with Crippen LogP contribution in [-0.2, 0) is 11.2 Å². The summed E-state index contributed by atoms with van der Waals surface area (Å²) in [6.07, 6.45) is 3.60. The molecule has 0 atom stereocenters. The second-order valence-electron chi connectivity index (χ2n) is 6.93. The smallest absolute Gasteiger partial charge is 0.265 e. The quantitative estimate of drug-likeness (QED) is 0.273. The topological polar surface area (TPSA) is 48.0 Å². The lowest BCUT2D eigenvalue weighted by atomic mass is 10.2. The maximum Gasteiger partial charge on any atom is 0.265 e. The highest BCUT2D eigenvalue weighted by Crippen LogP contribution is 2.34. The van der Waals surface area contributed by atoms with Gasteiger partial charge in [-0.2, -0.15) is 0 Å². The summed E-state index contributed by atoms with van der Waals surface area (Å²) >= 11 is 6.49. The Bertz CT molecular complexity index is 957. The van der Waals surface area contributed by atoms with Gasteiger partial charge in [0.2, 0.25) is 0 Å². The van der Waals surface area contributed by atoms with Crippen molar-refractivity contribution in [2.24, 2.45) is 0 Å². The number of aryl methyl sites for hydroxylation is 1. The molecule has 0 saturated carbocycles. The van der Waals surface area contributed by atoms with E-state index in [-0.39, 0.29) is 5.91 Å². The van der Waals surface area contributed by atoms with Crippen LogP contribution in [0.2, 0.25) is 0 Å². The van der Waals surface area contributed by atoms with E-state index in [2.05, 4.69) is 19.1 Å². The third-order valence-corrected chi connectivity index (χ3v) is 6.18. The number of amides is 1. The van der Waals surface area contributed by atoms with Crippen LogP contribution in [0.15, 0.2) is 47.4 Å². The molecule has 1 aliphatic heterocycles. The van der Waals surface area contributed by atoms with Gasteiger partial charge in [0, 0.05) is 13.5 Å². The molecule has 0 N–H and O–H groups in total. The minimum atomic E-state index is -0.0855. The number of likely N-dealkylation sites (N-methyl/N-ethyl adjacent to an activating group) is 1. The Morgan fingerprint density at radius 2 is 1.74 bits per heavy atom. The van der Waals surface area contributed by atoms with Gasteiger partial charge in [-0.25, -0.2) is 0 Å². The maximum absolute atomic E-state index is 12.2. The highest BCUT2D eigenvalue weighted by Gasteiger charge is 2.28. The summed E-state index contributed by atoms with van der Waals surface area (Å²) in [6, 6.07) is 13.8. The molecule has 0 bridgehead atoms. The monoisotopic (exact) mass is 457 g/mol. The van der Waals surface area contributed by atoms with Gasteiger partial charge in [0.1, 0.15) is 10.1 Å². The van der Waals surface area contributed by atoms with E-state index in [4.69, 9.17) is 26.4 Å². The number of thiocarbonyl (C=S) groups is 1. The van der Waals surface area contributed by atoms with Crippen molar-refractivity contribution >= 4 is 40.3 Å². The number of carbonyl (C=O) groups excluding carboxylic acids is 1. The second-order valence-corrected chi connectivity index (χ2v) is 8.60. The highest BCUT2D eigenvalue weighted by atomic mass is 32.2. The fourth-order valence-corrected chi connectivity index (χ4v) is 4.13. The molecule has 7 heteroatoms. The van der Waals surface area contributed by atoms with Gasteiger partial charge in [-0.15, -0.1) is 0 Å². The molecule has 31 heavy (non-hydrogen) atoms. The molecule has 2 aromatic carbocycles. The normalized spacial score (nSPS) is 14.9. The van der Waals surface area contributed by atoms with E-state index in [1.165, 1.54) is 22.2 Å². The zero-order valence-corrected chi connectivity index (χ0v) is 19.7. The van der Waals surface area contributed by atoms with E-state index in [0.717, 1.165) is 24.2 Å². The number of thioether (sulfide) groups is 1. The molecule has 0 spiro atoms. The summed E-state index contributed by atoms with van der Waals surface area (Å²) in [4.78, 5) is 14.3. The number of ether oxygens (including phenoxy) is 3. The van der Waals surface area contributed by atoms with Crippen LogP contribution in [0.5, 0.6) is 17.2 Å². The molecule has 0 unspecified atom stereocenters. The van der Waals surface area contributed by atoms with Crippen molar-refractivity contribution in [1.82, 2.24) is 4.90 Å². The Morgan fingerprint density at radius 3 is 2.39 bits per heavy atom. The average molecular weight is 458 g/mol. The van der Waals surface area contributed by atoms with E-state index in [0.29, 0.717) is 40.5 Å². The zero-order valence-electron chi connectivity index (χ0n) is 18.1. The van der Waals surface area contributed by atoms with Crippen LogP contribution in [0.25, 0.3) is 6.08 Å². The molecule has 1 amide bonds. The first-order chi connectivity index (χ1) is 15.0. The number of rotatable bonds is 10. The molecular weight excluding hydrogens is 430 g/mol. The van der Waals surface area contributed by atoms with E-state index >= 15 is 0 Å². The van der Waals surface area contributed by atoms with Crippen LogP contribution < -0.4 is 14.2 Å². The summed E-state index contributed by atoms with van der Waals surface area (Å²) in [5.41, 5.74) is 2.16. The van der Waals surface area contributed by atoms with Gasteiger partial charge in [-0.3, -0.25) is 9.69 Å². The van der Waals surface area contributed by atoms with E-state index in [1.807, 2.05) is 43.3 Å². The lowest BCUT2D eigenvalue weighted by Gasteiger charge is -2.13. The molecule has 2 aromatic rings. The van der Waals surface area contributed by atoms with Crippen molar-refractivity contribution in [3.8, 4) is 17.2 Å². The summed E-state index contributed by atoms with van der Waals surface area (Å²) in [7, 11) is 1.69. The van der Waals surface area contributed by atoms with Crippen LogP contribution in [0.4, 0.5) is 0 Å². The molecule has 3 rings (SSSR count). The second kappa shape index (κ2) is 11.2. The van der Waals surface area contributed by atoms with E-state index < -0.39 is 0 Å². The third kappa shape index (κ3) is 6.24. The van der Waals surface area contributed by atoms with Crippen LogP contribution in [0.1, 0.15) is 31.4 Å². The van der Waals surface area contributed by atoms with Crippen molar-refractivity contribution in [2.45, 2.75) is 26.7 Å². The molecule has 1 saturated heterocycles. The van der Waals surface area contributed by atoms with Gasteiger partial charge >= 0.3 is 0 Å². The fourth-order valence-electron chi connectivity index (χ4n) is 2.95. The molecule has 0 radical (unpaired) electrons. The van der Waals surface area contributed by atoms with Gasteiger partial charge in [0.05, 0.1) is 24.7 Å². The Kier molecular flexibility index (Phi) is 8.37. The Morgan fingerprint density at radius 1 is 1.00 bits per heavy atom. The number of benzene rings is 2. The molecular formula is C24H27NO4S2. The first-order valence-electron chi connectivity index (χ1n) is 10.3. The van der Waals surface area contributed by atoms with Crippen molar-refractivity contribution in [1.29, 1.82) is 0 Å². The van der Waals surface area contributed by atoms with Gasteiger partial charge < -0.3 is 14.2 Å². The van der Waals surface area contributed by atoms with Gasteiger partial charge in [0.15, 0.2) is 11.5 Å². The molecule has 0 aliphatic carbocycles. The largest absolute Gasteiger partial charge is 0.493 e. The number of carbonyl (C=O) groups is 1. The Labute approximate surface area is 193 Å². The predicted octanol–water partition coefficient (Wildman–Crippen LogP) is 5.33. The van der Waals surface area contributed by atoms with Crippen molar-refractivity contribution in [3.63, 3.8) is 0 Å². The van der Waals surface area contributed by atoms with Gasteiger partial charge in [0.25, 0.3) is 5.91 Å². The SMILES string of the molecule is CCOc1cc(/C=C2\SC(=S)N(C)C2=O)ccc1OCCCOc1ccc(CC)cc1. The fraction of sp³-hybridized carbons (Fsp3) is 0.333. The Balaban J connectivity index is 1.55. The highest BCUT2D eigenvalue weighted by molar-refractivity contribution is 8.26. The molecule has 5 nitrogen and oxygen atoms in total. The number of hydrogen-bond acceptors (Lipinski definition) is 6. The number of hydrogen-bond donors (Lipinski definition) is 0. The average Bonchev–Trinajstić information content (AvgIpc) is 3.02. The molecule has 0 aromatic heterocycles. The van der Waals surface area contributed by atoms with E-state index in [9.17, 15) is 4.79 Å². The van der Waals surface area contributed by atoms with Crippen molar-refractivity contribution in [2.75, 3.05) is 26.9 Å². The standard InChI is InChI=1S/C24H27NO4S2/c1-4-17-7-10-19(11-8-17)28-13-6-14-29-20-12-9-18(15-21(20)27-5-2)16-22-23(26)25(3)24(30)31-22/h7-12,15-16H,4-6,13-14H2,1-3H3/b22-16-. The first kappa shape index (κ1) is 23.2. The molecule has 1 aliphatic rings. The van der Waals surface area contributed by atoms with Crippen LogP contribution in [0, 0.1) is 0 Å². The predicted molar refractivity (Wildman–Crippen MR) is 130 cm³/mol. The zero-order chi connectivity index (χ0) is 22.2. The lowest BCUT2D eigenvalue weighted by molar-refractivity contribution is -0.121. The van der Waals surface area contributed by atoms with Crippen LogP contribution >= 0.6 is 24.0 Å². The molecule has 1 fully saturated rings. The van der Waals surface area contributed by atoms with Crippen molar-refractivity contribution < 1.29 is 19.0 Å². The summed E-state index contributed by atoms with van der Waals surface area (Å²) in [5, 5.41) is 0. The van der Waals surface area contributed by atoms with Crippen molar-refractivity contribution in [3.05, 3.63) is 58.5 Å². The molecule has 164 valence electrons. The van der Waals surface area contributed by atoms with E-state index in [1.54, 1.807) is 7.05 Å². The van der Waals surface area contributed by atoms with Crippen LogP contribution in [0.3, 0.4) is 0 Å². The summed E-state index contributed by atoms with van der Waals surface area (Å²) < 4.78 is 18.0. The maximum atomic E-state index is 12.2. The molecule has 1 heterocycles. The Hall–Kier alpha value is -2.51.